The number of aliphatic hydroxyl groups is 2. The highest BCUT2D eigenvalue weighted by atomic mass is 16.7. The molecule has 3 N–H and O–H groups in total. The molecule has 0 radical (unpaired) electrons. The molecule has 0 spiro atoms. The molecule has 0 amide bonds. The number of Topliss-reactive ketones (excluding diaryl/α,β-unsaturated/α-hetero) is 1. The van der Waals surface area contributed by atoms with Gasteiger partial charge in [-0.15, -0.1) is 0 Å². The fourth-order valence-electron chi connectivity index (χ4n) is 5.67. The molecule has 34 heavy (non-hydrogen) atoms. The predicted octanol–water partition coefficient (Wildman–Crippen LogP) is 4.18. The number of ketones is 1. The lowest BCUT2D eigenvalue weighted by Crippen LogP contribution is -2.48. The van der Waals surface area contributed by atoms with Gasteiger partial charge in [0.05, 0.1) is 5.56 Å². The number of hydrogen-bond acceptors (Lipinski definition) is 6. The highest BCUT2D eigenvalue weighted by Crippen LogP contribution is 2.59. The van der Waals surface area contributed by atoms with Gasteiger partial charge < -0.3 is 25.2 Å². The summed E-state index contributed by atoms with van der Waals surface area (Å²) in [6, 6.07) is 10.8. The number of benzene rings is 2. The molecule has 6 nitrogen and oxygen atoms in total. The Labute approximate surface area is 201 Å². The number of nitrogens with one attached hydrogen (secondary N) is 1. The van der Waals surface area contributed by atoms with Crippen LogP contribution in [0.15, 0.2) is 36.4 Å². The second kappa shape index (κ2) is 8.99. The Morgan fingerprint density at radius 2 is 1.65 bits per heavy atom. The van der Waals surface area contributed by atoms with E-state index in [2.05, 4.69) is 24.1 Å². The fourth-order valence-corrected chi connectivity index (χ4v) is 5.67. The first-order valence-electron chi connectivity index (χ1n) is 12.8. The molecule has 1 aliphatic carbocycles. The molecule has 0 saturated carbocycles. The van der Waals surface area contributed by atoms with Crippen LogP contribution in [0.2, 0.25) is 0 Å². The van der Waals surface area contributed by atoms with Gasteiger partial charge in [-0.25, -0.2) is 0 Å². The van der Waals surface area contributed by atoms with Crippen LogP contribution in [-0.4, -0.2) is 42.2 Å². The molecule has 2 aromatic carbocycles. The maximum Gasteiger partial charge on any atom is 0.276 e. The zero-order chi connectivity index (χ0) is 23.9. The summed E-state index contributed by atoms with van der Waals surface area (Å²) < 4.78 is 5.92. The second-order valence-corrected chi connectivity index (χ2v) is 10.3. The number of anilines is 1. The van der Waals surface area contributed by atoms with Crippen molar-refractivity contribution in [2.24, 2.45) is 0 Å². The van der Waals surface area contributed by atoms with Crippen LogP contribution in [0.3, 0.4) is 0 Å². The average molecular weight is 465 g/mol. The van der Waals surface area contributed by atoms with Crippen molar-refractivity contribution in [3.05, 3.63) is 58.7 Å². The van der Waals surface area contributed by atoms with Crippen LogP contribution < -0.4 is 15.0 Å². The van der Waals surface area contributed by atoms with E-state index in [0.717, 1.165) is 37.2 Å². The van der Waals surface area contributed by atoms with Crippen molar-refractivity contribution in [3.8, 4) is 5.75 Å². The molecular formula is C28H36N2O4. The predicted molar refractivity (Wildman–Crippen MR) is 133 cm³/mol. The van der Waals surface area contributed by atoms with E-state index in [-0.39, 0.29) is 5.92 Å². The van der Waals surface area contributed by atoms with E-state index in [1.807, 2.05) is 24.3 Å². The smallest absolute Gasteiger partial charge is 0.276 e. The lowest BCUT2D eigenvalue weighted by Gasteiger charge is -2.30. The van der Waals surface area contributed by atoms with Crippen LogP contribution in [0.4, 0.5) is 5.69 Å². The Kier molecular flexibility index (Phi) is 6.17. The minimum Gasteiger partial charge on any atom is -0.454 e. The summed E-state index contributed by atoms with van der Waals surface area (Å²) in [6.45, 7) is 8.37. The van der Waals surface area contributed by atoms with Crippen molar-refractivity contribution >= 4 is 11.5 Å². The zero-order valence-corrected chi connectivity index (χ0v) is 20.3. The molecule has 2 fully saturated rings. The molecule has 2 saturated heterocycles. The van der Waals surface area contributed by atoms with E-state index in [0.29, 0.717) is 22.4 Å². The summed E-state index contributed by atoms with van der Waals surface area (Å²) in [5.74, 6) is -1.93. The lowest BCUT2D eigenvalue weighted by molar-refractivity contribution is -0.224. The minimum atomic E-state index is -2.12. The first-order valence-corrected chi connectivity index (χ1v) is 12.8. The topological polar surface area (TPSA) is 82.0 Å². The van der Waals surface area contributed by atoms with Crippen LogP contribution in [-0.2, 0) is 11.4 Å². The van der Waals surface area contributed by atoms with Gasteiger partial charge in [-0.1, -0.05) is 44.5 Å². The van der Waals surface area contributed by atoms with Crippen molar-refractivity contribution in [1.82, 2.24) is 5.32 Å². The quantitative estimate of drug-likeness (QED) is 0.619. The first-order chi connectivity index (χ1) is 16.4. The zero-order valence-electron chi connectivity index (χ0n) is 20.3. The molecular weight excluding hydrogens is 428 g/mol. The third-order valence-electron chi connectivity index (χ3n) is 7.68. The monoisotopic (exact) mass is 464 g/mol. The fraction of sp³-hybridized carbons (Fsp3) is 0.536. The Morgan fingerprint density at radius 3 is 2.26 bits per heavy atom. The normalized spacial score (nSPS) is 27.4. The number of hydrogen-bond donors (Lipinski definition) is 3. The summed E-state index contributed by atoms with van der Waals surface area (Å²) in [6.07, 6.45) is 7.54. The summed E-state index contributed by atoms with van der Waals surface area (Å²) >= 11 is 0. The molecule has 4 aliphatic rings. The molecule has 6 heteroatoms. The van der Waals surface area contributed by atoms with E-state index < -0.39 is 17.2 Å². The van der Waals surface area contributed by atoms with Gasteiger partial charge in [0.2, 0.25) is 11.4 Å². The van der Waals surface area contributed by atoms with Crippen molar-refractivity contribution in [2.75, 3.05) is 31.1 Å². The third kappa shape index (κ3) is 3.55. The van der Waals surface area contributed by atoms with Gasteiger partial charge in [0.1, 0.15) is 5.75 Å². The molecule has 2 aromatic rings. The van der Waals surface area contributed by atoms with Crippen molar-refractivity contribution in [3.63, 3.8) is 0 Å². The summed E-state index contributed by atoms with van der Waals surface area (Å²) in [4.78, 5) is 15.7. The summed E-state index contributed by atoms with van der Waals surface area (Å²) in [5.41, 5.74) is 0.762. The van der Waals surface area contributed by atoms with Crippen LogP contribution in [0.25, 0.3) is 0 Å². The number of piperidine rings is 2. The van der Waals surface area contributed by atoms with E-state index in [1.54, 1.807) is 12.1 Å². The Balaban J connectivity index is 0.000000351. The number of carbonyl (C=O) groups is 1. The highest BCUT2D eigenvalue weighted by Gasteiger charge is 2.71. The number of fused-ring (bicyclic) bond motifs is 5. The molecule has 6 rings (SSSR count). The largest absolute Gasteiger partial charge is 0.454 e. The molecule has 0 aromatic heterocycles. The van der Waals surface area contributed by atoms with Gasteiger partial charge in [0.25, 0.3) is 5.79 Å². The third-order valence-corrected chi connectivity index (χ3v) is 7.68. The van der Waals surface area contributed by atoms with Crippen LogP contribution in [0.5, 0.6) is 5.75 Å². The van der Waals surface area contributed by atoms with Gasteiger partial charge in [-0.3, -0.25) is 4.79 Å². The summed E-state index contributed by atoms with van der Waals surface area (Å²) in [7, 11) is 0. The van der Waals surface area contributed by atoms with Crippen molar-refractivity contribution in [2.45, 2.75) is 69.7 Å². The molecule has 2 unspecified atom stereocenters. The second-order valence-electron chi connectivity index (χ2n) is 10.3. The standard InChI is InChI=1S/C23H25NO4.C5H11N/c1-14(2)15-9-10-16-19(13-15)28-23(27)17-7-6-8-18(24-11-4-3-5-12-24)20(17)21(25)22(16,23)26;1-2-4-6-5-3-1/h6-10,13-14,26-27H,3-5,11-12H2,1-2H3;6H,1-5H2. The maximum atomic E-state index is 13.5. The SMILES string of the molecule is C1CCNCC1.CC(C)c1ccc2c(c1)OC1(O)c3cccc(N4CCCCC4)c3C(=O)C21O. The Bertz CT molecular complexity index is 1060. The summed E-state index contributed by atoms with van der Waals surface area (Å²) in [5, 5.41) is 26.3. The van der Waals surface area contributed by atoms with E-state index in [1.165, 1.54) is 38.8 Å². The Morgan fingerprint density at radius 1 is 0.941 bits per heavy atom. The van der Waals surface area contributed by atoms with Gasteiger partial charge in [-0.2, -0.15) is 0 Å². The molecule has 2 atom stereocenters. The molecule has 182 valence electrons. The van der Waals surface area contributed by atoms with Crippen molar-refractivity contribution in [1.29, 1.82) is 0 Å². The van der Waals surface area contributed by atoms with Gasteiger partial charge in [-0.05, 0) is 68.8 Å². The maximum absolute atomic E-state index is 13.5. The Hall–Kier alpha value is -2.41. The first kappa shape index (κ1) is 23.3. The van der Waals surface area contributed by atoms with Crippen LogP contribution in [0, 0.1) is 0 Å². The van der Waals surface area contributed by atoms with Crippen molar-refractivity contribution < 1.29 is 19.7 Å². The molecule has 3 aliphatic heterocycles. The number of ether oxygens (including phenoxy) is 1. The highest BCUT2D eigenvalue weighted by molar-refractivity contribution is 6.13. The van der Waals surface area contributed by atoms with Crippen LogP contribution in [0.1, 0.15) is 85.3 Å². The van der Waals surface area contributed by atoms with Gasteiger partial charge in [0, 0.05) is 29.9 Å². The van der Waals surface area contributed by atoms with E-state index in [9.17, 15) is 15.0 Å². The number of nitrogens with zero attached hydrogens (tertiary/aromatic N) is 1. The van der Waals surface area contributed by atoms with Gasteiger partial charge in [0.15, 0.2) is 0 Å². The number of rotatable bonds is 2. The van der Waals surface area contributed by atoms with Gasteiger partial charge >= 0.3 is 0 Å². The average Bonchev–Trinajstić information content (AvgIpc) is 3.21. The lowest BCUT2D eigenvalue weighted by atomic mass is 9.86. The van der Waals surface area contributed by atoms with E-state index in [4.69, 9.17) is 4.74 Å². The van der Waals surface area contributed by atoms with Crippen LogP contribution >= 0.6 is 0 Å². The minimum absolute atomic E-state index is 0.271. The molecule has 3 heterocycles. The van der Waals surface area contributed by atoms with E-state index >= 15 is 0 Å². The molecule has 0 bridgehead atoms. The number of carbonyl (C=O) groups excluding carboxylic acids is 1.